The first-order valence-electron chi connectivity index (χ1n) is 12.4. The number of benzene rings is 1. The van der Waals surface area contributed by atoms with Crippen LogP contribution in [0, 0.1) is 5.92 Å². The lowest BCUT2D eigenvalue weighted by molar-refractivity contribution is 0.0516. The Bertz CT molecular complexity index is 1350. The molecule has 1 unspecified atom stereocenters. The number of nitrogens with one attached hydrogen (secondary N) is 3. The van der Waals surface area contributed by atoms with E-state index in [1.165, 1.54) is 24.2 Å². The molecule has 0 aliphatic carbocycles. The summed E-state index contributed by atoms with van der Waals surface area (Å²) in [5.74, 6) is -0.443. The molecule has 1 aromatic carbocycles. The van der Waals surface area contributed by atoms with Crippen LogP contribution < -0.4 is 20.7 Å². The molecule has 0 saturated carbocycles. The average Bonchev–Trinajstić information content (AvgIpc) is 2.91. The highest BCUT2D eigenvalue weighted by atomic mass is 35.5. The zero-order valence-corrected chi connectivity index (χ0v) is 24.5. The Hall–Kier alpha value is -3.83. The lowest BCUT2D eigenvalue weighted by Crippen LogP contribution is -2.35. The zero-order chi connectivity index (χ0) is 29.3. The van der Waals surface area contributed by atoms with Gasteiger partial charge in [-0.25, -0.2) is 14.8 Å². The number of anilines is 2. The molecule has 0 radical (unpaired) electrons. The van der Waals surface area contributed by atoms with Gasteiger partial charge in [0, 0.05) is 29.8 Å². The number of ether oxygens (including phenoxy) is 2. The van der Waals surface area contributed by atoms with Crippen LogP contribution in [-0.4, -0.2) is 52.9 Å². The molecule has 40 heavy (non-hydrogen) atoms. The number of carbonyl (C=O) groups is 3. The SMILES string of the molecule is CSc1ccc(C(=O)Nc2cccnc2C(=O)Nc2ccc(Cl)cn2)c(OCC(C)CNC(=O)OC(C)(C)C)c1. The van der Waals surface area contributed by atoms with Gasteiger partial charge in [0.05, 0.1) is 22.9 Å². The molecule has 0 fully saturated rings. The largest absolute Gasteiger partial charge is 0.492 e. The molecule has 3 N–H and O–H groups in total. The van der Waals surface area contributed by atoms with Crippen molar-refractivity contribution in [2.24, 2.45) is 5.92 Å². The fraction of sp³-hybridized carbons (Fsp3) is 0.321. The van der Waals surface area contributed by atoms with E-state index in [4.69, 9.17) is 21.1 Å². The molecule has 10 nitrogen and oxygen atoms in total. The van der Waals surface area contributed by atoms with Crippen LogP contribution in [0.5, 0.6) is 5.75 Å². The van der Waals surface area contributed by atoms with E-state index in [2.05, 4.69) is 25.9 Å². The molecule has 212 valence electrons. The van der Waals surface area contributed by atoms with Gasteiger partial charge in [-0.1, -0.05) is 18.5 Å². The lowest BCUT2D eigenvalue weighted by atomic mass is 10.1. The highest BCUT2D eigenvalue weighted by molar-refractivity contribution is 7.98. The van der Waals surface area contributed by atoms with Crippen LogP contribution in [0.25, 0.3) is 0 Å². The van der Waals surface area contributed by atoms with Crippen molar-refractivity contribution in [1.82, 2.24) is 15.3 Å². The molecular formula is C28H32ClN5O5S. The summed E-state index contributed by atoms with van der Waals surface area (Å²) in [6.07, 6.45) is 4.27. The molecule has 0 spiro atoms. The second-order valence-corrected chi connectivity index (χ2v) is 11.1. The fourth-order valence-electron chi connectivity index (χ4n) is 3.30. The predicted octanol–water partition coefficient (Wildman–Crippen LogP) is 5.90. The standard InChI is InChI=1S/C28H32ClN5O5S/c1-17(14-32-27(37)39-28(2,3)4)16-38-22-13-19(40-5)9-10-20(22)25(35)33-21-7-6-12-30-24(21)26(36)34-23-11-8-18(29)15-31-23/h6-13,15,17H,14,16H2,1-5H3,(H,32,37)(H,33,35)(H,31,34,36). The highest BCUT2D eigenvalue weighted by Gasteiger charge is 2.20. The van der Waals surface area contributed by atoms with E-state index in [9.17, 15) is 14.4 Å². The van der Waals surface area contributed by atoms with Crippen LogP contribution in [0.4, 0.5) is 16.3 Å². The molecule has 0 bridgehead atoms. The van der Waals surface area contributed by atoms with Crippen LogP contribution in [0.2, 0.25) is 5.02 Å². The van der Waals surface area contributed by atoms with Crippen molar-refractivity contribution in [3.63, 3.8) is 0 Å². The maximum absolute atomic E-state index is 13.3. The summed E-state index contributed by atoms with van der Waals surface area (Å²) in [5.41, 5.74) is -0.0857. The molecular weight excluding hydrogens is 554 g/mol. The molecule has 1 atom stereocenters. The van der Waals surface area contributed by atoms with Crippen molar-refractivity contribution >= 4 is 52.8 Å². The number of thioether (sulfide) groups is 1. The molecule has 3 rings (SSSR count). The number of alkyl carbamates (subject to hydrolysis) is 1. The summed E-state index contributed by atoms with van der Waals surface area (Å²) < 4.78 is 11.3. The van der Waals surface area contributed by atoms with E-state index < -0.39 is 23.5 Å². The van der Waals surface area contributed by atoms with E-state index in [1.807, 2.05) is 19.2 Å². The second kappa shape index (κ2) is 14.0. The monoisotopic (exact) mass is 585 g/mol. The van der Waals surface area contributed by atoms with Gasteiger partial charge in [-0.3, -0.25) is 9.59 Å². The Morgan fingerprint density at radius 1 is 1.05 bits per heavy atom. The number of nitrogens with zero attached hydrogens (tertiary/aromatic N) is 2. The third-order valence-electron chi connectivity index (χ3n) is 5.19. The van der Waals surface area contributed by atoms with E-state index >= 15 is 0 Å². The average molecular weight is 586 g/mol. The van der Waals surface area contributed by atoms with Crippen LogP contribution in [-0.2, 0) is 4.74 Å². The van der Waals surface area contributed by atoms with Gasteiger partial charge >= 0.3 is 6.09 Å². The summed E-state index contributed by atoms with van der Waals surface area (Å²) in [5, 5.41) is 8.56. The molecule has 12 heteroatoms. The fourth-order valence-corrected chi connectivity index (χ4v) is 3.84. The minimum Gasteiger partial charge on any atom is -0.492 e. The van der Waals surface area contributed by atoms with Crippen LogP contribution in [0.1, 0.15) is 48.5 Å². The van der Waals surface area contributed by atoms with Crippen molar-refractivity contribution < 1.29 is 23.9 Å². The number of rotatable bonds is 10. The first kappa shape index (κ1) is 30.7. The second-order valence-electron chi connectivity index (χ2n) is 9.83. The topological polar surface area (TPSA) is 132 Å². The van der Waals surface area contributed by atoms with E-state index in [-0.39, 0.29) is 35.3 Å². The van der Waals surface area contributed by atoms with Gasteiger partial charge in [0.15, 0.2) is 5.69 Å². The van der Waals surface area contributed by atoms with Gasteiger partial charge in [-0.2, -0.15) is 0 Å². The summed E-state index contributed by atoms with van der Waals surface area (Å²) in [4.78, 5) is 47.3. The van der Waals surface area contributed by atoms with Gasteiger partial charge < -0.3 is 25.4 Å². The summed E-state index contributed by atoms with van der Waals surface area (Å²) in [7, 11) is 0. The maximum atomic E-state index is 13.3. The predicted molar refractivity (Wildman–Crippen MR) is 157 cm³/mol. The quantitative estimate of drug-likeness (QED) is 0.251. The Labute approximate surface area is 242 Å². The Kier molecular flexibility index (Phi) is 10.7. The number of pyridine rings is 2. The third-order valence-corrected chi connectivity index (χ3v) is 6.14. The number of hydrogen-bond donors (Lipinski definition) is 3. The summed E-state index contributed by atoms with van der Waals surface area (Å²) in [6, 6.07) is 11.6. The highest BCUT2D eigenvalue weighted by Crippen LogP contribution is 2.27. The molecule has 0 saturated heterocycles. The smallest absolute Gasteiger partial charge is 0.407 e. The first-order chi connectivity index (χ1) is 18.9. The van der Waals surface area contributed by atoms with Crippen LogP contribution in [0.3, 0.4) is 0 Å². The van der Waals surface area contributed by atoms with Crippen molar-refractivity contribution in [3.8, 4) is 5.75 Å². The Balaban J connectivity index is 1.70. The van der Waals surface area contributed by atoms with Crippen molar-refractivity contribution in [1.29, 1.82) is 0 Å². The van der Waals surface area contributed by atoms with Gasteiger partial charge in [-0.05, 0) is 69.5 Å². The minimum absolute atomic E-state index is 0.0117. The third kappa shape index (κ3) is 9.42. The lowest BCUT2D eigenvalue weighted by Gasteiger charge is -2.21. The van der Waals surface area contributed by atoms with Gasteiger partial charge in [0.1, 0.15) is 17.2 Å². The molecule has 2 aromatic heterocycles. The van der Waals surface area contributed by atoms with Crippen LogP contribution >= 0.6 is 23.4 Å². The molecule has 0 aliphatic heterocycles. The van der Waals surface area contributed by atoms with E-state index in [0.717, 1.165) is 4.90 Å². The molecule has 3 aromatic rings. The van der Waals surface area contributed by atoms with Crippen molar-refractivity contribution in [3.05, 3.63) is 71.1 Å². The summed E-state index contributed by atoms with van der Waals surface area (Å²) >= 11 is 7.36. The zero-order valence-electron chi connectivity index (χ0n) is 22.9. The minimum atomic E-state index is -0.591. The number of hydrogen-bond acceptors (Lipinski definition) is 8. The number of halogens is 1. The van der Waals surface area contributed by atoms with Crippen LogP contribution in [0.15, 0.2) is 59.8 Å². The number of amides is 3. The number of aromatic nitrogens is 2. The van der Waals surface area contributed by atoms with Gasteiger partial charge in [0.2, 0.25) is 0 Å². The maximum Gasteiger partial charge on any atom is 0.407 e. The van der Waals surface area contributed by atoms with E-state index in [0.29, 0.717) is 17.3 Å². The van der Waals surface area contributed by atoms with E-state index in [1.54, 1.807) is 57.2 Å². The Morgan fingerprint density at radius 2 is 1.82 bits per heavy atom. The Morgan fingerprint density at radius 3 is 2.50 bits per heavy atom. The first-order valence-corrected chi connectivity index (χ1v) is 14.0. The van der Waals surface area contributed by atoms with Crippen molar-refractivity contribution in [2.75, 3.05) is 30.0 Å². The number of carbonyl (C=O) groups excluding carboxylic acids is 3. The summed E-state index contributed by atoms with van der Waals surface area (Å²) in [6.45, 7) is 7.86. The molecule has 0 aliphatic rings. The normalized spacial score (nSPS) is 11.8. The van der Waals surface area contributed by atoms with Gasteiger partial charge in [-0.15, -0.1) is 11.8 Å². The molecule has 2 heterocycles. The molecule has 3 amide bonds. The van der Waals surface area contributed by atoms with Crippen molar-refractivity contribution in [2.45, 2.75) is 38.2 Å². The van der Waals surface area contributed by atoms with Gasteiger partial charge in [0.25, 0.3) is 11.8 Å².